The summed E-state index contributed by atoms with van der Waals surface area (Å²) in [5.74, 6) is 1.93. The van der Waals surface area contributed by atoms with Crippen molar-refractivity contribution in [2.75, 3.05) is 13.2 Å². The van der Waals surface area contributed by atoms with E-state index in [1.54, 1.807) is 0 Å². The van der Waals surface area contributed by atoms with Crippen molar-refractivity contribution < 1.29 is 19.7 Å². The largest absolute Gasteiger partial charge is 0.393 e. The smallest absolute Gasteiger partial charge is 0.161 e. The van der Waals surface area contributed by atoms with Gasteiger partial charge in [-0.2, -0.15) is 0 Å². The third-order valence-corrected chi connectivity index (χ3v) is 11.1. The summed E-state index contributed by atoms with van der Waals surface area (Å²) in [5.41, 5.74) is 0.206. The molecule has 26 heavy (non-hydrogen) atoms. The highest BCUT2D eigenvalue weighted by atomic mass is 79.9. The zero-order valence-corrected chi connectivity index (χ0v) is 17.2. The van der Waals surface area contributed by atoms with E-state index in [-0.39, 0.29) is 45.7 Å². The molecule has 0 amide bonds. The summed E-state index contributed by atoms with van der Waals surface area (Å²) in [6.45, 7) is 2.85. The molecule has 0 aromatic heterocycles. The zero-order chi connectivity index (χ0) is 18.3. The van der Waals surface area contributed by atoms with E-state index in [2.05, 4.69) is 22.9 Å². The molecule has 5 rings (SSSR count). The molecule has 9 atom stereocenters. The highest BCUT2D eigenvalue weighted by Gasteiger charge is 2.72. The van der Waals surface area contributed by atoms with Crippen LogP contribution in [0.5, 0.6) is 0 Å². The van der Waals surface area contributed by atoms with E-state index >= 15 is 0 Å². The topological polar surface area (TPSA) is 66.8 Å². The van der Waals surface area contributed by atoms with Crippen molar-refractivity contribution in [1.29, 1.82) is 0 Å². The number of hydrogen-bond donors (Lipinski definition) is 2. The molecule has 3 unspecified atom stereocenters. The molecule has 0 aromatic rings. The fourth-order valence-corrected chi connectivity index (χ4v) is 9.65. The number of hydrogen-bond acceptors (Lipinski definition) is 4. The molecular weight excluding hydrogens is 396 g/mol. The SMILES string of the molecule is C[C@]12CCC3C(C[C@H]4OC[C@@]35CC[C@H](O)C[C@]45Br)C1CC[C@@H]2C(=O)CO. The minimum atomic E-state index is -0.306. The van der Waals surface area contributed by atoms with Crippen molar-refractivity contribution in [2.24, 2.45) is 34.5 Å². The first-order valence-corrected chi connectivity index (χ1v) is 11.3. The third-order valence-electron chi connectivity index (χ3n) is 9.51. The summed E-state index contributed by atoms with van der Waals surface area (Å²) in [7, 11) is 0. The number of Topliss-reactive ketones (excluding diaryl/α,β-unsaturated/α-hetero) is 1. The highest BCUT2D eigenvalue weighted by Crippen LogP contribution is 2.72. The van der Waals surface area contributed by atoms with Gasteiger partial charge in [0.1, 0.15) is 6.61 Å². The van der Waals surface area contributed by atoms with Crippen molar-refractivity contribution in [3.8, 4) is 0 Å². The molecule has 0 spiro atoms. The molecule has 1 heterocycles. The molecule has 5 aliphatic rings. The molecule has 146 valence electrons. The number of carbonyl (C=O) groups excluding carboxylic acids is 1. The van der Waals surface area contributed by atoms with Gasteiger partial charge < -0.3 is 14.9 Å². The van der Waals surface area contributed by atoms with Gasteiger partial charge >= 0.3 is 0 Å². The highest BCUT2D eigenvalue weighted by molar-refractivity contribution is 9.10. The van der Waals surface area contributed by atoms with Crippen LogP contribution in [0.25, 0.3) is 0 Å². The molecule has 4 saturated carbocycles. The van der Waals surface area contributed by atoms with Crippen LogP contribution in [0.4, 0.5) is 0 Å². The number of aliphatic hydroxyl groups excluding tert-OH is 2. The number of ether oxygens (including phenoxy) is 1. The van der Waals surface area contributed by atoms with Crippen LogP contribution in [0, 0.1) is 34.5 Å². The van der Waals surface area contributed by atoms with Crippen molar-refractivity contribution >= 4 is 21.7 Å². The fraction of sp³-hybridized carbons (Fsp3) is 0.952. The van der Waals surface area contributed by atoms with Crippen molar-refractivity contribution in [1.82, 2.24) is 0 Å². The predicted octanol–water partition coefficient (Wildman–Crippen LogP) is 3.07. The summed E-state index contributed by atoms with van der Waals surface area (Å²) in [6, 6.07) is 0. The second-order valence-corrected chi connectivity index (χ2v) is 11.5. The van der Waals surface area contributed by atoms with E-state index < -0.39 is 0 Å². The van der Waals surface area contributed by atoms with E-state index in [1.165, 1.54) is 0 Å². The molecule has 2 N–H and O–H groups in total. The Morgan fingerprint density at radius 3 is 2.77 bits per heavy atom. The van der Waals surface area contributed by atoms with Gasteiger partial charge in [-0.25, -0.2) is 0 Å². The van der Waals surface area contributed by atoms with E-state index in [4.69, 9.17) is 4.74 Å². The van der Waals surface area contributed by atoms with Crippen molar-refractivity contribution in [3.05, 3.63) is 0 Å². The van der Waals surface area contributed by atoms with Gasteiger partial charge in [-0.1, -0.05) is 22.9 Å². The van der Waals surface area contributed by atoms with Gasteiger partial charge in [-0.15, -0.1) is 0 Å². The molecule has 1 saturated heterocycles. The molecule has 0 aromatic carbocycles. The van der Waals surface area contributed by atoms with Gasteiger partial charge in [-0.05, 0) is 74.5 Å². The van der Waals surface area contributed by atoms with Crippen molar-refractivity contribution in [3.63, 3.8) is 0 Å². The lowest BCUT2D eigenvalue weighted by Crippen LogP contribution is -2.63. The Kier molecular flexibility index (Phi) is 4.02. The summed E-state index contributed by atoms with van der Waals surface area (Å²) in [5, 5.41) is 19.8. The summed E-state index contributed by atoms with van der Waals surface area (Å²) in [4.78, 5) is 12.4. The van der Waals surface area contributed by atoms with E-state index in [1.807, 2.05) is 0 Å². The Bertz CT molecular complexity index is 625. The fourth-order valence-electron chi connectivity index (χ4n) is 8.35. The van der Waals surface area contributed by atoms with Crippen LogP contribution in [0.15, 0.2) is 0 Å². The monoisotopic (exact) mass is 426 g/mol. The Hall–Kier alpha value is 0.0300. The van der Waals surface area contributed by atoms with E-state index in [9.17, 15) is 15.0 Å². The second-order valence-electron chi connectivity index (χ2n) is 10.1. The maximum atomic E-state index is 12.4. The number of carbonyl (C=O) groups is 1. The summed E-state index contributed by atoms with van der Waals surface area (Å²) < 4.78 is 6.31. The first-order valence-electron chi connectivity index (χ1n) is 10.5. The molecule has 0 radical (unpaired) electrons. The second kappa shape index (κ2) is 5.77. The number of rotatable bonds is 2. The van der Waals surface area contributed by atoms with Crippen LogP contribution >= 0.6 is 15.9 Å². The van der Waals surface area contributed by atoms with Crippen LogP contribution in [0.2, 0.25) is 0 Å². The standard InChI is InChI=1S/C21H31BrO4/c1-19-6-5-15-13(14(19)2-3-16(19)17(25)10-23)8-18-21(22)9-12(24)4-7-20(15,21)11-26-18/h12-16,18,23-24H,2-11H2,1H3/t12-,13?,14?,15?,16+,18+,19-,20-,21-/m0/s1. The maximum Gasteiger partial charge on any atom is 0.161 e. The van der Waals surface area contributed by atoms with Gasteiger partial charge in [0.05, 0.1) is 23.1 Å². The lowest BCUT2D eigenvalue weighted by molar-refractivity contribution is -0.135. The minimum Gasteiger partial charge on any atom is -0.393 e. The Balaban J connectivity index is 1.50. The average Bonchev–Trinajstić information content (AvgIpc) is 3.03. The third kappa shape index (κ3) is 2.04. The van der Waals surface area contributed by atoms with Crippen LogP contribution in [-0.4, -0.2) is 45.7 Å². The number of fused-ring (bicyclic) bond motifs is 3. The van der Waals surface area contributed by atoms with Gasteiger partial charge in [0.25, 0.3) is 0 Å². The zero-order valence-electron chi connectivity index (χ0n) is 15.6. The van der Waals surface area contributed by atoms with Crippen LogP contribution in [0.1, 0.15) is 58.3 Å². The number of ketones is 1. The summed E-state index contributed by atoms with van der Waals surface area (Å²) in [6.07, 6.45) is 8.11. The van der Waals surface area contributed by atoms with Gasteiger partial charge in [0.15, 0.2) is 5.78 Å². The molecule has 5 heteroatoms. The summed E-state index contributed by atoms with van der Waals surface area (Å²) >= 11 is 4.12. The Labute approximate surface area is 164 Å². The average molecular weight is 427 g/mol. The molecular formula is C21H31BrO4. The quantitative estimate of drug-likeness (QED) is 0.665. The molecule has 5 fully saturated rings. The van der Waals surface area contributed by atoms with Crippen LogP contribution in [-0.2, 0) is 9.53 Å². The van der Waals surface area contributed by atoms with E-state index in [0.717, 1.165) is 58.0 Å². The van der Waals surface area contributed by atoms with Crippen molar-refractivity contribution in [2.45, 2.75) is 74.8 Å². The number of aliphatic hydroxyl groups is 2. The lowest BCUT2D eigenvalue weighted by atomic mass is 9.44. The number of halogens is 1. The normalized spacial score (nSPS) is 58.0. The first-order chi connectivity index (χ1) is 12.4. The van der Waals surface area contributed by atoms with Gasteiger partial charge in [-0.3, -0.25) is 4.79 Å². The number of alkyl halides is 1. The van der Waals surface area contributed by atoms with E-state index in [0.29, 0.717) is 17.8 Å². The van der Waals surface area contributed by atoms with Gasteiger partial charge in [0, 0.05) is 11.3 Å². The van der Waals surface area contributed by atoms with Crippen LogP contribution < -0.4 is 0 Å². The first kappa shape index (κ1) is 18.1. The minimum absolute atomic E-state index is 0.0401. The van der Waals surface area contributed by atoms with Gasteiger partial charge in [0.2, 0.25) is 0 Å². The predicted molar refractivity (Wildman–Crippen MR) is 101 cm³/mol. The van der Waals surface area contributed by atoms with Crippen LogP contribution in [0.3, 0.4) is 0 Å². The Morgan fingerprint density at radius 2 is 2.00 bits per heavy atom. The maximum absolute atomic E-state index is 12.4. The molecule has 2 bridgehead atoms. The lowest BCUT2D eigenvalue weighted by Gasteiger charge is -2.62. The Morgan fingerprint density at radius 1 is 1.19 bits per heavy atom. The molecule has 4 aliphatic carbocycles. The molecule has 1 aliphatic heterocycles. The molecule has 4 nitrogen and oxygen atoms in total.